The molecule has 1 saturated heterocycles. The second kappa shape index (κ2) is 9.00. The molecule has 1 aliphatic heterocycles. The largest absolute Gasteiger partial charge is 0.442 e. The summed E-state index contributed by atoms with van der Waals surface area (Å²) in [6.07, 6.45) is -0.986. The molecule has 1 heterocycles. The maximum absolute atomic E-state index is 14.7. The van der Waals surface area contributed by atoms with E-state index < -0.39 is 23.4 Å². The summed E-state index contributed by atoms with van der Waals surface area (Å²) in [5, 5.41) is 5.67. The molecule has 1 aliphatic rings. The van der Waals surface area contributed by atoms with E-state index in [1.165, 1.54) is 48.2 Å². The average molecular weight is 429 g/mol. The number of nitrogens with zero attached hydrogens (tertiary/aromatic N) is 1. The molecular formula is C21H20FN3O4S. The van der Waals surface area contributed by atoms with Crippen LogP contribution in [0.25, 0.3) is 0 Å². The van der Waals surface area contributed by atoms with E-state index in [-0.39, 0.29) is 23.7 Å². The summed E-state index contributed by atoms with van der Waals surface area (Å²) in [5.74, 6) is -0.878. The Morgan fingerprint density at radius 1 is 1.20 bits per heavy atom. The van der Waals surface area contributed by atoms with Crippen LogP contribution in [0, 0.1) is 5.82 Å². The minimum Gasteiger partial charge on any atom is -0.442 e. The molecule has 1 atom stereocenters. The number of carbonyl (C=O) groups excluding carboxylic acids is 2. The first-order chi connectivity index (χ1) is 14.2. The molecule has 156 valence electrons. The van der Waals surface area contributed by atoms with Crippen molar-refractivity contribution >= 4 is 46.1 Å². The van der Waals surface area contributed by atoms with E-state index in [0.717, 1.165) is 0 Å². The number of rotatable bonds is 6. The van der Waals surface area contributed by atoms with Gasteiger partial charge in [0.2, 0.25) is 5.43 Å². The van der Waals surface area contributed by atoms with Crippen molar-refractivity contribution in [2.24, 2.45) is 0 Å². The van der Waals surface area contributed by atoms with Gasteiger partial charge < -0.3 is 15.4 Å². The molecule has 0 spiro atoms. The van der Waals surface area contributed by atoms with Crippen LogP contribution in [0.15, 0.2) is 47.3 Å². The van der Waals surface area contributed by atoms with Gasteiger partial charge in [-0.1, -0.05) is 24.4 Å². The molecule has 30 heavy (non-hydrogen) atoms. The standard InChI is InChI=1S/C21H20FN3O4S/c1-12(26)14-4-3-5-20(27)19(8-14)24-18-7-6-15(9-17(18)22)25-11-16(29-21(25)28)10-23-13(2)30/h3-9,16H,10-11H2,1-2H3,(H,23,30)(H,24,27)/t16-/m0/s1. The number of benzene rings is 1. The van der Waals surface area contributed by atoms with Gasteiger partial charge in [-0.15, -0.1) is 0 Å². The van der Waals surface area contributed by atoms with Gasteiger partial charge in [-0.3, -0.25) is 14.5 Å². The zero-order chi connectivity index (χ0) is 21.8. The van der Waals surface area contributed by atoms with Gasteiger partial charge in [-0.25, -0.2) is 9.18 Å². The fourth-order valence-electron chi connectivity index (χ4n) is 2.93. The van der Waals surface area contributed by atoms with Crippen LogP contribution in [0.1, 0.15) is 24.2 Å². The van der Waals surface area contributed by atoms with Crippen LogP contribution >= 0.6 is 12.2 Å². The molecule has 0 aromatic heterocycles. The van der Waals surface area contributed by atoms with E-state index in [1.54, 1.807) is 13.0 Å². The van der Waals surface area contributed by atoms with Gasteiger partial charge in [0.15, 0.2) is 5.78 Å². The molecule has 7 nitrogen and oxygen atoms in total. The highest BCUT2D eigenvalue weighted by Gasteiger charge is 2.32. The van der Waals surface area contributed by atoms with Crippen LogP contribution in [0.4, 0.5) is 26.2 Å². The molecular weight excluding hydrogens is 409 g/mol. The zero-order valence-corrected chi connectivity index (χ0v) is 17.2. The predicted octanol–water partition coefficient (Wildman–Crippen LogP) is 3.39. The molecule has 2 aromatic rings. The third kappa shape index (κ3) is 4.98. The van der Waals surface area contributed by atoms with E-state index in [1.807, 2.05) is 0 Å². The normalized spacial score (nSPS) is 15.5. The third-order valence-electron chi connectivity index (χ3n) is 4.48. The van der Waals surface area contributed by atoms with Crippen LogP contribution < -0.4 is 21.0 Å². The summed E-state index contributed by atoms with van der Waals surface area (Å²) < 4.78 is 20.0. The Morgan fingerprint density at radius 2 is 1.97 bits per heavy atom. The number of Topliss-reactive ketones (excluding diaryl/α,β-unsaturated/α-hetero) is 1. The lowest BCUT2D eigenvalue weighted by atomic mass is 10.2. The van der Waals surface area contributed by atoms with Crippen molar-refractivity contribution in [1.82, 2.24) is 5.32 Å². The molecule has 0 bridgehead atoms. The summed E-state index contributed by atoms with van der Waals surface area (Å²) in [4.78, 5) is 37.9. The van der Waals surface area contributed by atoms with E-state index in [0.29, 0.717) is 22.8 Å². The van der Waals surface area contributed by atoms with Crippen LogP contribution in [-0.2, 0) is 4.74 Å². The maximum atomic E-state index is 14.7. The lowest BCUT2D eigenvalue weighted by Crippen LogP contribution is -2.32. The fraction of sp³-hybridized carbons (Fsp3) is 0.238. The fourth-order valence-corrected chi connectivity index (χ4v) is 3.02. The Bertz CT molecular complexity index is 1080. The highest BCUT2D eigenvalue weighted by Crippen LogP contribution is 2.27. The summed E-state index contributed by atoms with van der Waals surface area (Å²) in [6.45, 7) is 3.73. The van der Waals surface area contributed by atoms with Gasteiger partial charge in [-0.2, -0.15) is 0 Å². The molecule has 2 aromatic carbocycles. The third-order valence-corrected chi connectivity index (χ3v) is 4.63. The Kier molecular flexibility index (Phi) is 6.41. The molecule has 0 saturated carbocycles. The molecule has 1 fully saturated rings. The second-order valence-corrected chi connectivity index (χ2v) is 7.41. The molecule has 0 radical (unpaired) electrons. The van der Waals surface area contributed by atoms with Crippen molar-refractivity contribution in [2.75, 3.05) is 23.3 Å². The van der Waals surface area contributed by atoms with Crippen LogP contribution in [-0.4, -0.2) is 36.1 Å². The van der Waals surface area contributed by atoms with Gasteiger partial charge in [0, 0.05) is 5.56 Å². The Morgan fingerprint density at radius 3 is 2.63 bits per heavy atom. The summed E-state index contributed by atoms with van der Waals surface area (Å²) in [6, 6.07) is 9.81. The number of hydrogen-bond donors (Lipinski definition) is 2. The summed E-state index contributed by atoms with van der Waals surface area (Å²) in [5.41, 5.74) is 0.369. The molecule has 1 amide bonds. The number of thiocarbonyl (C=S) groups is 1. The number of anilines is 3. The monoisotopic (exact) mass is 429 g/mol. The molecule has 9 heteroatoms. The van der Waals surface area contributed by atoms with Gasteiger partial charge in [-0.05, 0) is 44.2 Å². The van der Waals surface area contributed by atoms with Crippen molar-refractivity contribution in [3.05, 3.63) is 64.1 Å². The SMILES string of the molecule is CC(=O)c1cccc(=O)c(Nc2ccc(N3C[C@H](CNC(C)=S)OC3=O)cc2F)c1. The lowest BCUT2D eigenvalue weighted by Gasteiger charge is -2.15. The zero-order valence-electron chi connectivity index (χ0n) is 16.4. The van der Waals surface area contributed by atoms with Gasteiger partial charge in [0.1, 0.15) is 11.9 Å². The molecule has 0 aliphatic carbocycles. The van der Waals surface area contributed by atoms with Crippen molar-refractivity contribution < 1.29 is 18.7 Å². The average Bonchev–Trinajstić information content (AvgIpc) is 2.95. The van der Waals surface area contributed by atoms with Crippen LogP contribution in [0.3, 0.4) is 0 Å². The van der Waals surface area contributed by atoms with Gasteiger partial charge in [0.25, 0.3) is 0 Å². The Balaban J connectivity index is 1.80. The first-order valence-electron chi connectivity index (χ1n) is 9.19. The minimum atomic E-state index is -0.660. The van der Waals surface area contributed by atoms with E-state index in [2.05, 4.69) is 10.6 Å². The van der Waals surface area contributed by atoms with Gasteiger partial charge in [0.05, 0.1) is 35.1 Å². The second-order valence-electron chi connectivity index (χ2n) is 6.80. The Hall–Kier alpha value is -3.33. The molecule has 3 rings (SSSR count). The number of hydrogen-bond acceptors (Lipinski definition) is 6. The van der Waals surface area contributed by atoms with Crippen LogP contribution in [0.2, 0.25) is 0 Å². The highest BCUT2D eigenvalue weighted by atomic mass is 32.1. The number of ether oxygens (including phenoxy) is 1. The van der Waals surface area contributed by atoms with E-state index in [9.17, 15) is 18.8 Å². The number of carbonyl (C=O) groups is 2. The smallest absolute Gasteiger partial charge is 0.414 e. The minimum absolute atomic E-state index is 0.0404. The summed E-state index contributed by atoms with van der Waals surface area (Å²) >= 11 is 4.94. The van der Waals surface area contributed by atoms with Crippen molar-refractivity contribution in [3.63, 3.8) is 0 Å². The Labute approximate surface area is 177 Å². The summed E-state index contributed by atoms with van der Waals surface area (Å²) in [7, 11) is 0. The van der Waals surface area contributed by atoms with Crippen molar-refractivity contribution in [1.29, 1.82) is 0 Å². The number of amides is 1. The maximum Gasteiger partial charge on any atom is 0.414 e. The van der Waals surface area contributed by atoms with E-state index >= 15 is 0 Å². The molecule has 2 N–H and O–H groups in total. The van der Waals surface area contributed by atoms with Crippen molar-refractivity contribution in [2.45, 2.75) is 20.0 Å². The van der Waals surface area contributed by atoms with Crippen LogP contribution in [0.5, 0.6) is 0 Å². The predicted molar refractivity (Wildman–Crippen MR) is 116 cm³/mol. The van der Waals surface area contributed by atoms with Gasteiger partial charge >= 0.3 is 6.09 Å². The number of cyclic esters (lactones) is 1. The quantitative estimate of drug-likeness (QED) is 0.538. The van der Waals surface area contributed by atoms with E-state index in [4.69, 9.17) is 17.0 Å². The number of nitrogens with one attached hydrogen (secondary N) is 2. The first kappa shape index (κ1) is 21.4. The first-order valence-corrected chi connectivity index (χ1v) is 9.60. The topological polar surface area (TPSA) is 87.7 Å². The molecule has 0 unspecified atom stereocenters. The lowest BCUT2D eigenvalue weighted by molar-refractivity contribution is 0.101. The highest BCUT2D eigenvalue weighted by molar-refractivity contribution is 7.80. The van der Waals surface area contributed by atoms with Crippen molar-refractivity contribution in [3.8, 4) is 0 Å². The number of ketones is 1. The number of halogens is 1.